The Bertz CT molecular complexity index is 761. The molecule has 0 saturated heterocycles. The fourth-order valence-electron chi connectivity index (χ4n) is 2.80. The molecule has 0 radical (unpaired) electrons. The molecule has 0 bridgehead atoms. The summed E-state index contributed by atoms with van der Waals surface area (Å²) >= 11 is 5.25. The third kappa shape index (κ3) is 2.18. The Morgan fingerprint density at radius 2 is 2.15 bits per heavy atom. The van der Waals surface area contributed by atoms with Crippen LogP contribution in [0.5, 0.6) is 5.75 Å². The van der Waals surface area contributed by atoms with Crippen LogP contribution in [0.4, 0.5) is 0 Å². The van der Waals surface area contributed by atoms with Crippen LogP contribution in [0.15, 0.2) is 29.1 Å². The van der Waals surface area contributed by atoms with Gasteiger partial charge in [-0.05, 0) is 25.3 Å². The van der Waals surface area contributed by atoms with E-state index < -0.39 is 0 Å². The SMILES string of the molecule is COc1ccccc1Cn1c2c(c(=S)[nH]c1=O)CCC2. The van der Waals surface area contributed by atoms with Crippen molar-refractivity contribution in [1.29, 1.82) is 0 Å². The number of H-pyrrole nitrogens is 1. The molecule has 0 amide bonds. The molecule has 0 unspecified atom stereocenters. The Labute approximate surface area is 122 Å². The molecule has 4 nitrogen and oxygen atoms in total. The van der Waals surface area contributed by atoms with Crippen molar-refractivity contribution in [2.45, 2.75) is 25.8 Å². The van der Waals surface area contributed by atoms with Gasteiger partial charge in [-0.2, -0.15) is 0 Å². The van der Waals surface area contributed by atoms with E-state index in [1.54, 1.807) is 11.7 Å². The lowest BCUT2D eigenvalue weighted by atomic mass is 10.2. The minimum Gasteiger partial charge on any atom is -0.496 e. The van der Waals surface area contributed by atoms with E-state index in [9.17, 15) is 4.79 Å². The minimum absolute atomic E-state index is 0.137. The van der Waals surface area contributed by atoms with E-state index in [1.807, 2.05) is 24.3 Å². The lowest BCUT2D eigenvalue weighted by Gasteiger charge is -2.14. The number of aromatic nitrogens is 2. The summed E-state index contributed by atoms with van der Waals surface area (Å²) in [5.74, 6) is 0.800. The van der Waals surface area contributed by atoms with Crippen molar-refractivity contribution in [3.05, 3.63) is 56.2 Å². The fourth-order valence-corrected chi connectivity index (χ4v) is 3.11. The summed E-state index contributed by atoms with van der Waals surface area (Å²) < 4.78 is 7.74. The first-order chi connectivity index (χ1) is 9.70. The highest BCUT2D eigenvalue weighted by Crippen LogP contribution is 2.23. The lowest BCUT2D eigenvalue weighted by molar-refractivity contribution is 0.407. The van der Waals surface area contributed by atoms with Gasteiger partial charge in [-0.15, -0.1) is 0 Å². The molecule has 0 fully saturated rings. The molecule has 1 aliphatic rings. The molecule has 1 heterocycles. The van der Waals surface area contributed by atoms with E-state index in [1.165, 1.54) is 0 Å². The molecule has 1 aromatic heterocycles. The van der Waals surface area contributed by atoms with E-state index >= 15 is 0 Å². The molecule has 104 valence electrons. The molecule has 20 heavy (non-hydrogen) atoms. The average molecular weight is 288 g/mol. The number of fused-ring (bicyclic) bond motifs is 1. The number of hydrogen-bond acceptors (Lipinski definition) is 3. The summed E-state index contributed by atoms with van der Waals surface area (Å²) in [7, 11) is 1.64. The summed E-state index contributed by atoms with van der Waals surface area (Å²) in [6.07, 6.45) is 2.93. The van der Waals surface area contributed by atoms with Gasteiger partial charge in [0.15, 0.2) is 0 Å². The third-order valence-corrected chi connectivity index (χ3v) is 4.12. The highest BCUT2D eigenvalue weighted by Gasteiger charge is 2.18. The smallest absolute Gasteiger partial charge is 0.327 e. The second-order valence-electron chi connectivity index (χ2n) is 4.94. The Morgan fingerprint density at radius 3 is 2.95 bits per heavy atom. The molecular formula is C15H16N2O2S. The number of rotatable bonds is 3. The summed E-state index contributed by atoms with van der Waals surface area (Å²) in [4.78, 5) is 15.0. The lowest BCUT2D eigenvalue weighted by Crippen LogP contribution is -2.27. The van der Waals surface area contributed by atoms with Gasteiger partial charge in [-0.1, -0.05) is 30.4 Å². The van der Waals surface area contributed by atoms with Gasteiger partial charge in [0, 0.05) is 16.8 Å². The van der Waals surface area contributed by atoms with Crippen molar-refractivity contribution < 1.29 is 4.74 Å². The number of benzene rings is 1. The quantitative estimate of drug-likeness (QED) is 0.883. The van der Waals surface area contributed by atoms with Crippen LogP contribution >= 0.6 is 12.2 Å². The molecule has 0 spiro atoms. The van der Waals surface area contributed by atoms with Gasteiger partial charge in [-0.25, -0.2) is 4.79 Å². The highest BCUT2D eigenvalue weighted by molar-refractivity contribution is 7.71. The van der Waals surface area contributed by atoms with Crippen LogP contribution in [0.2, 0.25) is 0 Å². The van der Waals surface area contributed by atoms with E-state index in [0.29, 0.717) is 11.2 Å². The first-order valence-electron chi connectivity index (χ1n) is 6.67. The van der Waals surface area contributed by atoms with E-state index in [-0.39, 0.29) is 5.69 Å². The number of hydrogen-bond donors (Lipinski definition) is 1. The second-order valence-corrected chi connectivity index (χ2v) is 5.34. The summed E-state index contributed by atoms with van der Waals surface area (Å²) in [6, 6.07) is 7.77. The number of aromatic amines is 1. The highest BCUT2D eigenvalue weighted by atomic mass is 32.1. The van der Waals surface area contributed by atoms with Crippen LogP contribution in [0.1, 0.15) is 23.2 Å². The Morgan fingerprint density at radius 1 is 1.35 bits per heavy atom. The predicted molar refractivity (Wildman–Crippen MR) is 80.0 cm³/mol. The summed E-state index contributed by atoms with van der Waals surface area (Å²) in [5, 5.41) is 0. The normalized spacial score (nSPS) is 13.2. The van der Waals surface area contributed by atoms with Crippen LogP contribution in [0.25, 0.3) is 0 Å². The zero-order valence-corrected chi connectivity index (χ0v) is 12.1. The number of nitrogens with zero attached hydrogens (tertiary/aromatic N) is 1. The maximum atomic E-state index is 12.2. The topological polar surface area (TPSA) is 47.0 Å². The van der Waals surface area contributed by atoms with Gasteiger partial charge in [0.1, 0.15) is 10.4 Å². The number of ether oxygens (including phenoxy) is 1. The number of methoxy groups -OCH3 is 1. The van der Waals surface area contributed by atoms with Crippen molar-refractivity contribution in [3.63, 3.8) is 0 Å². The van der Waals surface area contributed by atoms with E-state index in [0.717, 1.165) is 41.8 Å². The van der Waals surface area contributed by atoms with E-state index in [2.05, 4.69) is 4.98 Å². The van der Waals surface area contributed by atoms with Gasteiger partial charge < -0.3 is 4.74 Å². The van der Waals surface area contributed by atoms with Crippen LogP contribution in [-0.4, -0.2) is 16.7 Å². The zero-order chi connectivity index (χ0) is 14.1. The molecule has 1 aromatic carbocycles. The first kappa shape index (κ1) is 13.1. The molecule has 3 rings (SSSR count). The third-order valence-electron chi connectivity index (χ3n) is 3.78. The molecular weight excluding hydrogens is 272 g/mol. The monoisotopic (exact) mass is 288 g/mol. The first-order valence-corrected chi connectivity index (χ1v) is 7.08. The molecule has 2 aromatic rings. The molecule has 1 N–H and O–H groups in total. The van der Waals surface area contributed by atoms with Crippen molar-refractivity contribution in [2.24, 2.45) is 0 Å². The maximum Gasteiger partial charge on any atom is 0.327 e. The summed E-state index contributed by atoms with van der Waals surface area (Å²) in [5.41, 5.74) is 3.05. The largest absolute Gasteiger partial charge is 0.496 e. The molecule has 0 saturated carbocycles. The van der Waals surface area contributed by atoms with Crippen molar-refractivity contribution in [2.75, 3.05) is 7.11 Å². The van der Waals surface area contributed by atoms with Crippen molar-refractivity contribution >= 4 is 12.2 Å². The standard InChI is InChI=1S/C15H16N2O2S/c1-19-13-8-3-2-5-10(13)9-17-12-7-4-6-11(12)14(20)16-15(17)18/h2-3,5,8H,4,6-7,9H2,1H3,(H,16,18,20). The Hall–Kier alpha value is -1.88. The average Bonchev–Trinajstić information content (AvgIpc) is 2.93. The van der Waals surface area contributed by atoms with Crippen LogP contribution < -0.4 is 10.4 Å². The number of para-hydroxylation sites is 1. The zero-order valence-electron chi connectivity index (χ0n) is 11.3. The molecule has 1 aliphatic carbocycles. The van der Waals surface area contributed by atoms with Crippen LogP contribution in [0, 0.1) is 4.64 Å². The van der Waals surface area contributed by atoms with Gasteiger partial charge in [0.2, 0.25) is 0 Å². The van der Waals surface area contributed by atoms with Crippen molar-refractivity contribution in [3.8, 4) is 5.75 Å². The maximum absolute atomic E-state index is 12.2. The van der Waals surface area contributed by atoms with Gasteiger partial charge >= 0.3 is 5.69 Å². The molecule has 5 heteroatoms. The van der Waals surface area contributed by atoms with Crippen molar-refractivity contribution in [1.82, 2.24) is 9.55 Å². The van der Waals surface area contributed by atoms with Gasteiger partial charge in [-0.3, -0.25) is 9.55 Å². The summed E-state index contributed by atoms with van der Waals surface area (Å²) in [6.45, 7) is 0.511. The van der Waals surface area contributed by atoms with Gasteiger partial charge in [0.05, 0.1) is 13.7 Å². The van der Waals surface area contributed by atoms with E-state index in [4.69, 9.17) is 17.0 Å². The second kappa shape index (κ2) is 5.25. The Balaban J connectivity index is 2.10. The van der Waals surface area contributed by atoms with Gasteiger partial charge in [0.25, 0.3) is 0 Å². The van der Waals surface area contributed by atoms with Crippen LogP contribution in [0.3, 0.4) is 0 Å². The molecule has 0 aliphatic heterocycles. The fraction of sp³-hybridized carbons (Fsp3) is 0.333. The number of nitrogens with one attached hydrogen (secondary N) is 1. The van der Waals surface area contributed by atoms with Crippen LogP contribution in [-0.2, 0) is 19.4 Å². The predicted octanol–water partition coefficient (Wildman–Crippen LogP) is 2.45. The Kier molecular flexibility index (Phi) is 3.44. The molecule has 0 atom stereocenters. The minimum atomic E-state index is -0.137.